The van der Waals surface area contributed by atoms with E-state index >= 15 is 0 Å². The van der Waals surface area contributed by atoms with Crippen molar-refractivity contribution >= 4 is 0 Å². The van der Waals surface area contributed by atoms with Gasteiger partial charge in [-0.2, -0.15) is 0 Å². The lowest BCUT2D eigenvalue weighted by molar-refractivity contribution is 0.659. The molecule has 2 aromatic carbocycles. The topological polar surface area (TPSA) is 12.9 Å². The molecular formula is C21H19N. The van der Waals surface area contributed by atoms with Gasteiger partial charge in [0.05, 0.1) is 5.69 Å². The zero-order valence-electron chi connectivity index (χ0n) is 13.2. The Morgan fingerprint density at radius 1 is 0.864 bits per heavy atom. The molecule has 1 aromatic heterocycles. The van der Waals surface area contributed by atoms with E-state index < -0.39 is 0 Å². The summed E-state index contributed by atoms with van der Waals surface area (Å²) >= 11 is 0. The van der Waals surface area contributed by atoms with Crippen molar-refractivity contribution in [3.63, 3.8) is 0 Å². The number of aromatic nitrogens is 1. The first-order valence-corrected chi connectivity index (χ1v) is 7.75. The largest absolute Gasteiger partial charge is 0.256 e. The molecule has 0 spiro atoms. The molecule has 108 valence electrons. The number of benzene rings is 2. The van der Waals surface area contributed by atoms with Crippen molar-refractivity contribution in [2.24, 2.45) is 0 Å². The van der Waals surface area contributed by atoms with Gasteiger partial charge >= 0.3 is 0 Å². The molecule has 0 saturated carbocycles. The molecule has 1 heteroatoms. The van der Waals surface area contributed by atoms with Gasteiger partial charge in [0.15, 0.2) is 0 Å². The van der Waals surface area contributed by atoms with Crippen LogP contribution in [0.2, 0.25) is 0 Å². The summed E-state index contributed by atoms with van der Waals surface area (Å²) in [6.07, 6.45) is 1.94. The summed E-state index contributed by atoms with van der Waals surface area (Å²) in [7, 11) is 0. The van der Waals surface area contributed by atoms with E-state index in [1.54, 1.807) is 0 Å². The molecule has 3 aromatic rings. The van der Waals surface area contributed by atoms with Gasteiger partial charge in [-0.25, -0.2) is 0 Å². The average molecular weight is 285 g/mol. The Hall–Kier alpha value is -2.41. The summed E-state index contributed by atoms with van der Waals surface area (Å²) in [6.45, 7) is 6.74. The molecule has 1 aliphatic carbocycles. The van der Waals surface area contributed by atoms with E-state index in [4.69, 9.17) is 4.98 Å². The van der Waals surface area contributed by atoms with Gasteiger partial charge in [-0.1, -0.05) is 61.9 Å². The van der Waals surface area contributed by atoms with Crippen molar-refractivity contribution in [3.8, 4) is 22.4 Å². The predicted molar refractivity (Wildman–Crippen MR) is 92.0 cm³/mol. The minimum Gasteiger partial charge on any atom is -0.256 e. The number of aryl methyl sites for hydroxylation is 1. The van der Waals surface area contributed by atoms with Crippen LogP contribution in [0.1, 0.15) is 30.5 Å². The molecule has 0 radical (unpaired) electrons. The van der Waals surface area contributed by atoms with E-state index in [1.807, 2.05) is 6.20 Å². The molecule has 1 nitrogen and oxygen atoms in total. The zero-order valence-corrected chi connectivity index (χ0v) is 13.2. The van der Waals surface area contributed by atoms with E-state index in [0.29, 0.717) is 0 Å². The Bertz CT molecular complexity index is 875. The molecule has 0 N–H and O–H groups in total. The highest BCUT2D eigenvalue weighted by Crippen LogP contribution is 2.51. The minimum absolute atomic E-state index is 0.0146. The van der Waals surface area contributed by atoms with Crippen LogP contribution >= 0.6 is 0 Å². The van der Waals surface area contributed by atoms with Gasteiger partial charge in [0.1, 0.15) is 0 Å². The van der Waals surface area contributed by atoms with Crippen molar-refractivity contribution in [1.29, 1.82) is 0 Å². The van der Waals surface area contributed by atoms with Gasteiger partial charge in [-0.05, 0) is 41.3 Å². The van der Waals surface area contributed by atoms with E-state index in [2.05, 4.69) is 75.4 Å². The maximum Gasteiger partial charge on any atom is 0.0749 e. The van der Waals surface area contributed by atoms with Gasteiger partial charge in [0.2, 0.25) is 0 Å². The highest BCUT2D eigenvalue weighted by molar-refractivity contribution is 5.86. The van der Waals surface area contributed by atoms with Gasteiger partial charge in [-0.15, -0.1) is 0 Å². The third kappa shape index (κ3) is 1.75. The SMILES string of the molecule is Cc1cccc(-c2nccc3c2C(C)(C)c2ccccc2-3)c1. The number of fused-ring (bicyclic) bond motifs is 3. The van der Waals surface area contributed by atoms with Crippen LogP contribution in [0, 0.1) is 6.92 Å². The summed E-state index contributed by atoms with van der Waals surface area (Å²) in [5.74, 6) is 0. The first kappa shape index (κ1) is 13.3. The fourth-order valence-corrected chi connectivity index (χ4v) is 3.73. The normalized spacial score (nSPS) is 14.5. The van der Waals surface area contributed by atoms with E-state index in [0.717, 1.165) is 5.69 Å². The van der Waals surface area contributed by atoms with E-state index in [1.165, 1.54) is 33.4 Å². The van der Waals surface area contributed by atoms with E-state index in [9.17, 15) is 0 Å². The first-order valence-electron chi connectivity index (χ1n) is 7.75. The number of hydrogen-bond acceptors (Lipinski definition) is 1. The van der Waals surface area contributed by atoms with Gasteiger partial charge in [-0.3, -0.25) is 4.98 Å². The standard InChI is InChI=1S/C21H19N/c1-14-7-6-8-15(13-14)20-19-17(11-12-22-20)16-9-4-5-10-18(16)21(19,2)3/h4-13H,1-3H3. The third-order valence-electron chi connectivity index (χ3n) is 4.76. The highest BCUT2D eigenvalue weighted by Gasteiger charge is 2.37. The quantitative estimate of drug-likeness (QED) is 0.586. The van der Waals surface area contributed by atoms with Crippen LogP contribution in [0.5, 0.6) is 0 Å². The van der Waals surface area contributed by atoms with Crippen LogP contribution in [-0.2, 0) is 5.41 Å². The maximum absolute atomic E-state index is 4.74. The minimum atomic E-state index is -0.0146. The molecule has 1 heterocycles. The number of nitrogens with zero attached hydrogens (tertiary/aromatic N) is 1. The predicted octanol–water partition coefficient (Wildman–Crippen LogP) is 5.36. The molecule has 0 unspecified atom stereocenters. The average Bonchev–Trinajstić information content (AvgIpc) is 2.76. The molecule has 4 rings (SSSR count). The van der Waals surface area contributed by atoms with Crippen LogP contribution in [0.3, 0.4) is 0 Å². The molecule has 0 fully saturated rings. The van der Waals surface area contributed by atoms with Gasteiger partial charge < -0.3 is 0 Å². The Morgan fingerprint density at radius 2 is 1.68 bits per heavy atom. The van der Waals surface area contributed by atoms with Crippen molar-refractivity contribution in [2.45, 2.75) is 26.2 Å². The summed E-state index contributed by atoms with van der Waals surface area (Å²) in [4.78, 5) is 4.74. The molecule has 0 atom stereocenters. The molecule has 0 amide bonds. The molecule has 0 bridgehead atoms. The lowest BCUT2D eigenvalue weighted by Crippen LogP contribution is -2.16. The van der Waals surface area contributed by atoms with Crippen LogP contribution in [0.25, 0.3) is 22.4 Å². The first-order chi connectivity index (χ1) is 10.6. The van der Waals surface area contributed by atoms with Crippen LogP contribution in [-0.4, -0.2) is 4.98 Å². The smallest absolute Gasteiger partial charge is 0.0749 e. The molecular weight excluding hydrogens is 266 g/mol. The number of pyridine rings is 1. The number of rotatable bonds is 1. The summed E-state index contributed by atoms with van der Waals surface area (Å²) in [5, 5.41) is 0. The summed E-state index contributed by atoms with van der Waals surface area (Å²) in [6, 6.07) is 19.5. The van der Waals surface area contributed by atoms with Gasteiger partial charge in [0, 0.05) is 17.2 Å². The Morgan fingerprint density at radius 3 is 2.50 bits per heavy atom. The Balaban J connectivity index is 2.04. The lowest BCUT2D eigenvalue weighted by atomic mass is 9.80. The van der Waals surface area contributed by atoms with Crippen molar-refractivity contribution in [2.75, 3.05) is 0 Å². The summed E-state index contributed by atoms with van der Waals surface area (Å²) in [5.41, 5.74) is 8.99. The van der Waals surface area contributed by atoms with Crippen LogP contribution < -0.4 is 0 Å². The second kappa shape index (κ2) is 4.54. The number of hydrogen-bond donors (Lipinski definition) is 0. The van der Waals surface area contributed by atoms with Crippen molar-refractivity contribution < 1.29 is 0 Å². The highest BCUT2D eigenvalue weighted by atomic mass is 14.7. The summed E-state index contributed by atoms with van der Waals surface area (Å²) < 4.78 is 0. The molecule has 22 heavy (non-hydrogen) atoms. The Kier molecular flexibility index (Phi) is 2.74. The fourth-order valence-electron chi connectivity index (χ4n) is 3.73. The second-order valence-corrected chi connectivity index (χ2v) is 6.62. The molecule has 1 aliphatic rings. The molecule has 0 aliphatic heterocycles. The van der Waals surface area contributed by atoms with Gasteiger partial charge in [0.25, 0.3) is 0 Å². The second-order valence-electron chi connectivity index (χ2n) is 6.62. The third-order valence-corrected chi connectivity index (χ3v) is 4.76. The molecule has 0 saturated heterocycles. The van der Waals surface area contributed by atoms with Crippen LogP contribution in [0.4, 0.5) is 0 Å². The lowest BCUT2D eigenvalue weighted by Gasteiger charge is -2.23. The van der Waals surface area contributed by atoms with Crippen molar-refractivity contribution in [3.05, 3.63) is 77.5 Å². The van der Waals surface area contributed by atoms with E-state index in [-0.39, 0.29) is 5.41 Å². The zero-order chi connectivity index (χ0) is 15.3. The maximum atomic E-state index is 4.74. The monoisotopic (exact) mass is 285 g/mol. The fraction of sp³-hybridized carbons (Fsp3) is 0.190. The van der Waals surface area contributed by atoms with Crippen molar-refractivity contribution in [1.82, 2.24) is 4.98 Å². The Labute approximate surface area is 131 Å². The van der Waals surface area contributed by atoms with Crippen LogP contribution in [0.15, 0.2) is 60.8 Å².